The van der Waals surface area contributed by atoms with Gasteiger partial charge in [0.05, 0.1) is 5.71 Å². The molecule has 0 radical (unpaired) electrons. The third kappa shape index (κ3) is 3.53. The molecule has 102 valence electrons. The van der Waals surface area contributed by atoms with E-state index in [1.807, 2.05) is 32.0 Å². The Morgan fingerprint density at radius 3 is 2.79 bits per heavy atom. The summed E-state index contributed by atoms with van der Waals surface area (Å²) < 4.78 is 0. The minimum absolute atomic E-state index is 0.150. The Kier molecular flexibility index (Phi) is 4.52. The van der Waals surface area contributed by atoms with Crippen LogP contribution in [-0.4, -0.2) is 23.7 Å². The zero-order chi connectivity index (χ0) is 13.8. The molecule has 1 amide bonds. The second-order valence-electron chi connectivity index (χ2n) is 4.63. The molecule has 2 atom stereocenters. The monoisotopic (exact) mass is 280 g/mol. The minimum Gasteiger partial charge on any atom is -0.271 e. The van der Waals surface area contributed by atoms with Gasteiger partial charge in [0.15, 0.2) is 0 Å². The van der Waals surface area contributed by atoms with Gasteiger partial charge in [0.2, 0.25) is 0 Å². The van der Waals surface area contributed by atoms with Crippen molar-refractivity contribution in [3.05, 3.63) is 34.9 Å². The number of hydrazone groups is 1. The third-order valence-electron chi connectivity index (χ3n) is 3.01. The van der Waals surface area contributed by atoms with Crippen LogP contribution in [0.25, 0.3) is 0 Å². The molecular weight excluding hydrogens is 264 g/mol. The summed E-state index contributed by atoms with van der Waals surface area (Å²) in [6.07, 6.45) is 0.743. The highest BCUT2D eigenvalue weighted by atomic mass is 35.5. The molecule has 0 spiro atoms. The summed E-state index contributed by atoms with van der Waals surface area (Å²) in [6.45, 7) is 3.82. The van der Waals surface area contributed by atoms with Gasteiger partial charge < -0.3 is 0 Å². The Morgan fingerprint density at radius 1 is 1.42 bits per heavy atom. The summed E-state index contributed by atoms with van der Waals surface area (Å²) in [6, 6.07) is 7.42. The van der Waals surface area contributed by atoms with Crippen LogP contribution in [0.15, 0.2) is 29.4 Å². The van der Waals surface area contributed by atoms with Gasteiger partial charge in [0, 0.05) is 16.6 Å². The fraction of sp³-hybridized carbons (Fsp3) is 0.385. The first kappa shape index (κ1) is 14.0. The molecular formula is C13H17ClN4O. The SMILES string of the molecule is C/C(=N\NC(=O)C1CC(C)NN1)c1ccccc1Cl. The summed E-state index contributed by atoms with van der Waals surface area (Å²) in [5.74, 6) is -0.150. The van der Waals surface area contributed by atoms with Gasteiger partial charge in [-0.15, -0.1) is 0 Å². The maximum atomic E-state index is 11.9. The van der Waals surface area contributed by atoms with Gasteiger partial charge in [-0.25, -0.2) is 10.9 Å². The van der Waals surface area contributed by atoms with E-state index in [4.69, 9.17) is 11.6 Å². The topological polar surface area (TPSA) is 65.5 Å². The molecule has 0 bridgehead atoms. The lowest BCUT2D eigenvalue weighted by molar-refractivity contribution is -0.122. The zero-order valence-electron chi connectivity index (χ0n) is 10.9. The van der Waals surface area contributed by atoms with E-state index in [-0.39, 0.29) is 18.0 Å². The summed E-state index contributed by atoms with van der Waals surface area (Å²) in [5, 5.41) is 4.71. The zero-order valence-corrected chi connectivity index (χ0v) is 11.7. The predicted molar refractivity (Wildman–Crippen MR) is 75.9 cm³/mol. The normalized spacial score (nSPS) is 23.4. The van der Waals surface area contributed by atoms with Crippen LogP contribution in [0.3, 0.4) is 0 Å². The molecule has 1 aliphatic rings. The lowest BCUT2D eigenvalue weighted by Gasteiger charge is -2.08. The van der Waals surface area contributed by atoms with Crippen LogP contribution in [0.1, 0.15) is 25.8 Å². The molecule has 1 fully saturated rings. The standard InChI is InChI=1S/C13H17ClN4O/c1-8-7-12(17-15-8)13(19)18-16-9(2)10-5-3-4-6-11(10)14/h3-6,8,12,15,17H,7H2,1-2H3,(H,18,19)/b16-9+. The summed E-state index contributed by atoms with van der Waals surface area (Å²) in [7, 11) is 0. The van der Waals surface area contributed by atoms with Gasteiger partial charge in [-0.1, -0.05) is 29.8 Å². The number of carbonyl (C=O) groups excluding carboxylic acids is 1. The molecule has 1 heterocycles. The van der Waals surface area contributed by atoms with Crippen molar-refractivity contribution in [3.63, 3.8) is 0 Å². The van der Waals surface area contributed by atoms with E-state index in [2.05, 4.69) is 21.4 Å². The largest absolute Gasteiger partial charge is 0.271 e. The fourth-order valence-corrected chi connectivity index (χ4v) is 2.19. The smallest absolute Gasteiger partial charge is 0.258 e. The second-order valence-corrected chi connectivity index (χ2v) is 5.04. The number of hydrogen-bond donors (Lipinski definition) is 3. The lowest BCUT2D eigenvalue weighted by atomic mass is 10.1. The van der Waals surface area contributed by atoms with Gasteiger partial charge in [0.25, 0.3) is 5.91 Å². The molecule has 2 unspecified atom stereocenters. The van der Waals surface area contributed by atoms with Gasteiger partial charge in [-0.3, -0.25) is 10.2 Å². The number of rotatable bonds is 3. The number of hydrogen-bond acceptors (Lipinski definition) is 4. The molecule has 0 saturated carbocycles. The third-order valence-corrected chi connectivity index (χ3v) is 3.34. The Labute approximate surface area is 117 Å². The predicted octanol–water partition coefficient (Wildman–Crippen LogP) is 1.44. The highest BCUT2D eigenvalue weighted by Crippen LogP contribution is 2.15. The highest BCUT2D eigenvalue weighted by molar-refractivity contribution is 6.34. The van der Waals surface area contributed by atoms with Crippen LogP contribution in [0.5, 0.6) is 0 Å². The number of nitrogens with zero attached hydrogens (tertiary/aromatic N) is 1. The van der Waals surface area contributed by atoms with Crippen molar-refractivity contribution < 1.29 is 4.79 Å². The molecule has 3 N–H and O–H groups in total. The van der Waals surface area contributed by atoms with Crippen LogP contribution in [0.4, 0.5) is 0 Å². The summed E-state index contributed by atoms with van der Waals surface area (Å²) in [5.41, 5.74) is 9.97. The Balaban J connectivity index is 1.99. The molecule has 1 aromatic rings. The van der Waals surface area contributed by atoms with Crippen molar-refractivity contribution in [3.8, 4) is 0 Å². The Bertz CT molecular complexity index is 503. The van der Waals surface area contributed by atoms with Crippen molar-refractivity contribution in [2.75, 3.05) is 0 Å². The highest BCUT2D eigenvalue weighted by Gasteiger charge is 2.26. The van der Waals surface area contributed by atoms with Crippen molar-refractivity contribution in [2.45, 2.75) is 32.4 Å². The number of benzene rings is 1. The Hall–Kier alpha value is -1.43. The van der Waals surface area contributed by atoms with Crippen molar-refractivity contribution in [1.82, 2.24) is 16.3 Å². The summed E-state index contributed by atoms with van der Waals surface area (Å²) in [4.78, 5) is 11.9. The second kappa shape index (κ2) is 6.14. The van der Waals surface area contributed by atoms with Gasteiger partial charge in [-0.2, -0.15) is 5.10 Å². The first-order valence-electron chi connectivity index (χ1n) is 6.18. The number of carbonyl (C=O) groups is 1. The van der Waals surface area contributed by atoms with Crippen molar-refractivity contribution in [2.24, 2.45) is 5.10 Å². The maximum Gasteiger partial charge on any atom is 0.258 e. The average molecular weight is 281 g/mol. The van der Waals surface area contributed by atoms with E-state index >= 15 is 0 Å². The molecule has 5 nitrogen and oxygen atoms in total. The number of amides is 1. The van der Waals surface area contributed by atoms with Crippen LogP contribution in [-0.2, 0) is 4.79 Å². The van der Waals surface area contributed by atoms with Gasteiger partial charge in [0.1, 0.15) is 6.04 Å². The lowest BCUT2D eigenvalue weighted by Crippen LogP contribution is -2.42. The molecule has 6 heteroatoms. The molecule has 0 aromatic heterocycles. The average Bonchev–Trinajstić information content (AvgIpc) is 2.83. The maximum absolute atomic E-state index is 11.9. The van der Waals surface area contributed by atoms with E-state index in [0.29, 0.717) is 10.7 Å². The summed E-state index contributed by atoms with van der Waals surface area (Å²) >= 11 is 6.06. The van der Waals surface area contributed by atoms with Crippen molar-refractivity contribution in [1.29, 1.82) is 0 Å². The van der Waals surface area contributed by atoms with Crippen LogP contribution in [0, 0.1) is 0 Å². The Morgan fingerprint density at radius 2 is 2.16 bits per heavy atom. The first-order chi connectivity index (χ1) is 9.08. The quantitative estimate of drug-likeness (QED) is 0.580. The number of halogens is 1. The van der Waals surface area contributed by atoms with E-state index in [1.165, 1.54) is 0 Å². The van der Waals surface area contributed by atoms with E-state index in [1.54, 1.807) is 6.07 Å². The van der Waals surface area contributed by atoms with Crippen molar-refractivity contribution >= 4 is 23.2 Å². The number of nitrogens with one attached hydrogen (secondary N) is 3. The van der Waals surface area contributed by atoms with Crippen LogP contribution in [0.2, 0.25) is 5.02 Å². The van der Waals surface area contributed by atoms with E-state index in [9.17, 15) is 4.79 Å². The molecule has 1 saturated heterocycles. The van der Waals surface area contributed by atoms with Crippen LogP contribution < -0.4 is 16.3 Å². The fourth-order valence-electron chi connectivity index (χ4n) is 1.92. The van der Waals surface area contributed by atoms with Gasteiger partial charge >= 0.3 is 0 Å². The molecule has 19 heavy (non-hydrogen) atoms. The molecule has 2 rings (SSSR count). The number of hydrazine groups is 1. The van der Waals surface area contributed by atoms with Crippen LogP contribution >= 0.6 is 11.6 Å². The molecule has 0 aliphatic carbocycles. The van der Waals surface area contributed by atoms with E-state index in [0.717, 1.165) is 12.0 Å². The minimum atomic E-state index is -0.252. The van der Waals surface area contributed by atoms with Gasteiger partial charge in [-0.05, 0) is 26.3 Å². The molecule has 1 aromatic carbocycles. The first-order valence-corrected chi connectivity index (χ1v) is 6.56. The van der Waals surface area contributed by atoms with E-state index < -0.39 is 0 Å². The molecule has 1 aliphatic heterocycles.